The average molecular weight is 305 g/mol. The van der Waals surface area contributed by atoms with E-state index < -0.39 is 0 Å². The minimum absolute atomic E-state index is 0.0515. The molecule has 0 unspecified atom stereocenters. The number of hydrogen-bond donors (Lipinski definition) is 3. The smallest absolute Gasteiger partial charge is 0.241 e. The van der Waals surface area contributed by atoms with Crippen molar-refractivity contribution in [2.75, 3.05) is 11.9 Å². The molecule has 2 aromatic heterocycles. The first-order valence-corrected chi connectivity index (χ1v) is 6.90. The van der Waals surface area contributed by atoms with Gasteiger partial charge in [0.15, 0.2) is 5.82 Å². The van der Waals surface area contributed by atoms with Crippen molar-refractivity contribution in [3.63, 3.8) is 0 Å². The molecule has 0 radical (unpaired) electrons. The predicted molar refractivity (Wildman–Crippen MR) is 79.1 cm³/mol. The van der Waals surface area contributed by atoms with Gasteiger partial charge >= 0.3 is 0 Å². The van der Waals surface area contributed by atoms with Crippen LogP contribution in [-0.2, 0) is 22.6 Å². The molecule has 0 atom stereocenters. The fourth-order valence-electron chi connectivity index (χ4n) is 2.09. The van der Waals surface area contributed by atoms with Crippen LogP contribution >= 0.6 is 0 Å². The fourth-order valence-corrected chi connectivity index (χ4v) is 2.09. The minimum atomic E-state index is -0.234. The molecule has 118 valence electrons. The van der Waals surface area contributed by atoms with E-state index in [2.05, 4.69) is 31.1 Å². The van der Waals surface area contributed by atoms with Gasteiger partial charge in [-0.2, -0.15) is 5.10 Å². The standard InChI is InChI=1S/C13H19N7O2/c1-8-11(9(2)17-16-8)4-5-14-13(22)7-20-6-12(18-19-20)15-10(3)21/h6H,4-5,7H2,1-3H3,(H,14,22)(H,15,21)(H,16,17). The lowest BCUT2D eigenvalue weighted by molar-refractivity contribution is -0.121. The van der Waals surface area contributed by atoms with Gasteiger partial charge in [0.05, 0.1) is 11.9 Å². The quantitative estimate of drug-likeness (QED) is 0.691. The summed E-state index contributed by atoms with van der Waals surface area (Å²) in [6.07, 6.45) is 2.22. The van der Waals surface area contributed by atoms with Gasteiger partial charge in [0.2, 0.25) is 11.8 Å². The summed E-state index contributed by atoms with van der Waals surface area (Å²) in [5.41, 5.74) is 3.08. The second-order valence-electron chi connectivity index (χ2n) is 5.00. The highest BCUT2D eigenvalue weighted by Gasteiger charge is 2.09. The Bertz CT molecular complexity index is 654. The van der Waals surface area contributed by atoms with Crippen molar-refractivity contribution in [3.8, 4) is 0 Å². The zero-order chi connectivity index (χ0) is 16.1. The topological polar surface area (TPSA) is 118 Å². The Kier molecular flexibility index (Phi) is 4.87. The maximum absolute atomic E-state index is 11.8. The number of anilines is 1. The summed E-state index contributed by atoms with van der Waals surface area (Å²) in [7, 11) is 0. The molecule has 0 aliphatic rings. The van der Waals surface area contributed by atoms with Gasteiger partial charge < -0.3 is 10.6 Å². The SMILES string of the molecule is CC(=O)Nc1cn(CC(=O)NCCc2c(C)n[nH]c2C)nn1. The number of nitrogens with zero attached hydrogens (tertiary/aromatic N) is 4. The minimum Gasteiger partial charge on any atom is -0.354 e. The molecule has 0 spiro atoms. The van der Waals surface area contributed by atoms with Gasteiger partial charge in [-0.3, -0.25) is 14.7 Å². The number of nitrogens with one attached hydrogen (secondary N) is 3. The Hall–Kier alpha value is -2.71. The lowest BCUT2D eigenvalue weighted by Crippen LogP contribution is -2.29. The van der Waals surface area contributed by atoms with Gasteiger partial charge in [-0.15, -0.1) is 5.10 Å². The van der Waals surface area contributed by atoms with Crippen LogP contribution < -0.4 is 10.6 Å². The number of H-pyrrole nitrogens is 1. The maximum Gasteiger partial charge on any atom is 0.241 e. The predicted octanol–water partition coefficient (Wildman–Crippen LogP) is -0.0647. The molecule has 0 fully saturated rings. The monoisotopic (exact) mass is 305 g/mol. The molecular weight excluding hydrogens is 286 g/mol. The van der Waals surface area contributed by atoms with Crippen LogP contribution in [0.2, 0.25) is 0 Å². The number of aromatic amines is 1. The Morgan fingerprint density at radius 2 is 2.14 bits per heavy atom. The van der Waals surface area contributed by atoms with E-state index in [4.69, 9.17) is 0 Å². The summed E-state index contributed by atoms with van der Waals surface area (Å²) in [5, 5.41) is 19.9. The van der Waals surface area contributed by atoms with Crippen molar-refractivity contribution in [1.82, 2.24) is 30.5 Å². The lowest BCUT2D eigenvalue weighted by atomic mass is 10.1. The highest BCUT2D eigenvalue weighted by molar-refractivity contribution is 5.87. The number of aryl methyl sites for hydroxylation is 2. The Morgan fingerprint density at radius 3 is 2.77 bits per heavy atom. The molecule has 0 aliphatic carbocycles. The summed E-state index contributed by atoms with van der Waals surface area (Å²) in [4.78, 5) is 22.7. The van der Waals surface area contributed by atoms with Crippen LogP contribution in [-0.4, -0.2) is 43.6 Å². The van der Waals surface area contributed by atoms with Gasteiger partial charge in [0, 0.05) is 19.2 Å². The van der Waals surface area contributed by atoms with Crippen molar-refractivity contribution in [3.05, 3.63) is 23.1 Å². The van der Waals surface area contributed by atoms with Gasteiger partial charge in [-0.05, 0) is 25.8 Å². The third-order valence-electron chi connectivity index (χ3n) is 3.13. The van der Waals surface area contributed by atoms with Crippen LogP contribution in [0.5, 0.6) is 0 Å². The Labute approximate surface area is 127 Å². The first-order chi connectivity index (χ1) is 10.5. The second-order valence-corrected chi connectivity index (χ2v) is 5.00. The molecule has 0 aromatic carbocycles. The number of amides is 2. The van der Waals surface area contributed by atoms with E-state index in [0.29, 0.717) is 18.8 Å². The molecule has 2 heterocycles. The van der Waals surface area contributed by atoms with Crippen LogP contribution in [0.15, 0.2) is 6.20 Å². The van der Waals surface area contributed by atoms with E-state index in [9.17, 15) is 9.59 Å². The van der Waals surface area contributed by atoms with Crippen LogP contribution in [0.3, 0.4) is 0 Å². The number of carbonyl (C=O) groups excluding carboxylic acids is 2. The molecule has 2 aromatic rings. The van der Waals surface area contributed by atoms with Crippen molar-refractivity contribution in [1.29, 1.82) is 0 Å². The van der Waals surface area contributed by atoms with Crippen LogP contribution in [0.25, 0.3) is 0 Å². The zero-order valence-corrected chi connectivity index (χ0v) is 12.8. The molecule has 22 heavy (non-hydrogen) atoms. The molecule has 3 N–H and O–H groups in total. The lowest BCUT2D eigenvalue weighted by Gasteiger charge is -2.05. The van der Waals surface area contributed by atoms with E-state index in [-0.39, 0.29) is 18.4 Å². The molecule has 2 rings (SSSR count). The number of hydrogen-bond acceptors (Lipinski definition) is 5. The molecule has 2 amide bonds. The highest BCUT2D eigenvalue weighted by Crippen LogP contribution is 2.09. The summed E-state index contributed by atoms with van der Waals surface area (Å²) in [5.74, 6) is -0.0784. The first kappa shape index (κ1) is 15.7. The summed E-state index contributed by atoms with van der Waals surface area (Å²) in [6, 6.07) is 0. The maximum atomic E-state index is 11.8. The number of carbonyl (C=O) groups is 2. The van der Waals surface area contributed by atoms with Crippen LogP contribution in [0.1, 0.15) is 23.9 Å². The van der Waals surface area contributed by atoms with Gasteiger partial charge in [-0.1, -0.05) is 5.21 Å². The van der Waals surface area contributed by atoms with Crippen LogP contribution in [0.4, 0.5) is 5.82 Å². The largest absolute Gasteiger partial charge is 0.354 e. The van der Waals surface area contributed by atoms with Crippen molar-refractivity contribution in [2.45, 2.75) is 33.7 Å². The van der Waals surface area contributed by atoms with E-state index in [0.717, 1.165) is 17.0 Å². The summed E-state index contributed by atoms with van der Waals surface area (Å²) < 4.78 is 1.37. The molecular formula is C13H19N7O2. The van der Waals surface area contributed by atoms with Gasteiger partial charge in [0.25, 0.3) is 0 Å². The average Bonchev–Trinajstić information content (AvgIpc) is 2.98. The summed E-state index contributed by atoms with van der Waals surface area (Å²) in [6.45, 7) is 5.84. The van der Waals surface area contributed by atoms with Crippen LogP contribution in [0, 0.1) is 13.8 Å². The number of aromatic nitrogens is 5. The molecule has 0 saturated carbocycles. The molecule has 9 heteroatoms. The highest BCUT2D eigenvalue weighted by atomic mass is 16.2. The fraction of sp³-hybridized carbons (Fsp3) is 0.462. The Balaban J connectivity index is 1.78. The zero-order valence-electron chi connectivity index (χ0n) is 12.8. The van der Waals surface area contributed by atoms with Crippen molar-refractivity contribution >= 4 is 17.6 Å². The first-order valence-electron chi connectivity index (χ1n) is 6.90. The van der Waals surface area contributed by atoms with Crippen molar-refractivity contribution in [2.24, 2.45) is 0 Å². The second kappa shape index (κ2) is 6.83. The Morgan fingerprint density at radius 1 is 1.36 bits per heavy atom. The molecule has 0 bridgehead atoms. The van der Waals surface area contributed by atoms with Crippen molar-refractivity contribution < 1.29 is 9.59 Å². The van der Waals surface area contributed by atoms with E-state index in [1.165, 1.54) is 17.8 Å². The van der Waals surface area contributed by atoms with Gasteiger partial charge in [0.1, 0.15) is 6.54 Å². The third kappa shape index (κ3) is 4.14. The molecule has 0 aliphatic heterocycles. The molecule has 0 saturated heterocycles. The van der Waals surface area contributed by atoms with E-state index in [1.54, 1.807) is 0 Å². The summed E-state index contributed by atoms with van der Waals surface area (Å²) >= 11 is 0. The molecule has 9 nitrogen and oxygen atoms in total. The normalized spacial score (nSPS) is 10.5. The van der Waals surface area contributed by atoms with Gasteiger partial charge in [-0.25, -0.2) is 4.68 Å². The third-order valence-corrected chi connectivity index (χ3v) is 3.13. The van der Waals surface area contributed by atoms with E-state index >= 15 is 0 Å². The van der Waals surface area contributed by atoms with E-state index in [1.807, 2.05) is 13.8 Å². The number of rotatable bonds is 6.